The minimum absolute atomic E-state index is 0.492. The summed E-state index contributed by atoms with van der Waals surface area (Å²) in [5, 5.41) is 8.74. The van der Waals surface area contributed by atoms with Gasteiger partial charge in [-0.3, -0.25) is 4.98 Å². The highest BCUT2D eigenvalue weighted by molar-refractivity contribution is 9.10. The maximum absolute atomic E-state index is 8.74. The first-order valence-corrected chi connectivity index (χ1v) is 4.25. The molecule has 0 amide bonds. The molecule has 1 rings (SSSR count). The van der Waals surface area contributed by atoms with E-state index in [0.717, 1.165) is 0 Å². The Morgan fingerprint density at radius 3 is 3.00 bits per heavy atom. The predicted molar refractivity (Wildman–Crippen MR) is 47.8 cm³/mol. The third-order valence-corrected chi connectivity index (χ3v) is 1.88. The van der Waals surface area contributed by atoms with Crippen molar-refractivity contribution in [3.05, 3.63) is 22.4 Å². The number of nitrogens with zero attached hydrogens (tertiary/aromatic N) is 2. The van der Waals surface area contributed by atoms with Crippen LogP contribution in [-0.4, -0.2) is 11.6 Å². The number of pyridine rings is 1. The number of hydrogen-bond donors (Lipinski definition) is 0. The number of hydrogen-bond acceptors (Lipinski definition) is 3. The van der Waals surface area contributed by atoms with Gasteiger partial charge in [-0.2, -0.15) is 5.26 Å². The first-order valence-electron chi connectivity index (χ1n) is 3.46. The van der Waals surface area contributed by atoms with Crippen LogP contribution in [0.4, 0.5) is 0 Å². The molecule has 0 aliphatic heterocycles. The van der Waals surface area contributed by atoms with Crippen molar-refractivity contribution in [3.63, 3.8) is 0 Å². The van der Waals surface area contributed by atoms with Crippen LogP contribution < -0.4 is 4.74 Å². The quantitative estimate of drug-likeness (QED) is 0.777. The number of rotatable bonds is 2. The van der Waals surface area contributed by atoms with E-state index in [1.165, 1.54) is 6.20 Å². The summed E-state index contributed by atoms with van der Waals surface area (Å²) in [5.74, 6) is 0.523. The van der Waals surface area contributed by atoms with Crippen molar-refractivity contribution in [1.82, 2.24) is 4.98 Å². The minimum Gasteiger partial charge on any atom is -0.491 e. The molecular formula is C8H7BrN2O. The van der Waals surface area contributed by atoms with Gasteiger partial charge in [0.25, 0.3) is 0 Å². The summed E-state index contributed by atoms with van der Waals surface area (Å²) < 4.78 is 5.86. The van der Waals surface area contributed by atoms with E-state index in [2.05, 4.69) is 20.9 Å². The molecule has 62 valence electrons. The first kappa shape index (κ1) is 9.01. The maximum Gasteiger partial charge on any atom is 0.156 e. The fraction of sp³-hybridized carbons (Fsp3) is 0.250. The zero-order chi connectivity index (χ0) is 8.97. The van der Waals surface area contributed by atoms with Crippen molar-refractivity contribution >= 4 is 15.9 Å². The van der Waals surface area contributed by atoms with E-state index in [4.69, 9.17) is 10.00 Å². The molecule has 1 heterocycles. The molecule has 0 aromatic carbocycles. The summed E-state index contributed by atoms with van der Waals surface area (Å²) in [6.07, 6.45) is 3.11. The Balaban J connectivity index is 3.11. The Bertz CT molecular complexity index is 319. The topological polar surface area (TPSA) is 45.9 Å². The lowest BCUT2D eigenvalue weighted by molar-refractivity contribution is 0.337. The minimum atomic E-state index is 0.492. The normalized spacial score (nSPS) is 9.08. The van der Waals surface area contributed by atoms with Crippen molar-refractivity contribution < 1.29 is 4.74 Å². The Morgan fingerprint density at radius 2 is 2.42 bits per heavy atom. The van der Waals surface area contributed by atoms with Crippen LogP contribution in [0.25, 0.3) is 0 Å². The first-order chi connectivity index (χ1) is 5.79. The van der Waals surface area contributed by atoms with Gasteiger partial charge in [-0.1, -0.05) is 0 Å². The summed E-state index contributed by atoms with van der Waals surface area (Å²) in [4.78, 5) is 3.89. The van der Waals surface area contributed by atoms with Crippen molar-refractivity contribution in [2.24, 2.45) is 0 Å². The van der Waals surface area contributed by atoms with Crippen LogP contribution >= 0.6 is 15.9 Å². The molecule has 12 heavy (non-hydrogen) atoms. The lowest BCUT2D eigenvalue weighted by Crippen LogP contribution is -1.95. The zero-order valence-corrected chi connectivity index (χ0v) is 8.13. The summed E-state index contributed by atoms with van der Waals surface area (Å²) in [6, 6.07) is 2.04. The van der Waals surface area contributed by atoms with E-state index in [9.17, 15) is 0 Å². The van der Waals surface area contributed by atoms with E-state index >= 15 is 0 Å². The second-order valence-corrected chi connectivity index (χ2v) is 2.89. The van der Waals surface area contributed by atoms with Crippen LogP contribution in [0.15, 0.2) is 16.9 Å². The van der Waals surface area contributed by atoms with Gasteiger partial charge in [-0.15, -0.1) is 0 Å². The molecule has 0 saturated carbocycles. The molecule has 1 aromatic rings. The summed E-state index contributed by atoms with van der Waals surface area (Å²) >= 11 is 3.21. The van der Waals surface area contributed by atoms with E-state index in [0.29, 0.717) is 22.4 Å². The fourth-order valence-electron chi connectivity index (χ4n) is 0.791. The van der Waals surface area contributed by atoms with Crippen molar-refractivity contribution in [2.75, 3.05) is 6.61 Å². The molecule has 0 N–H and O–H groups in total. The number of nitriles is 1. The average molecular weight is 227 g/mol. The van der Waals surface area contributed by atoms with Gasteiger partial charge in [-0.05, 0) is 22.9 Å². The van der Waals surface area contributed by atoms with Crippen molar-refractivity contribution in [1.29, 1.82) is 5.26 Å². The van der Waals surface area contributed by atoms with E-state index in [1.54, 1.807) is 6.20 Å². The molecule has 0 atom stereocenters. The maximum atomic E-state index is 8.74. The van der Waals surface area contributed by atoms with E-state index < -0.39 is 0 Å². The summed E-state index contributed by atoms with van der Waals surface area (Å²) in [6.45, 7) is 2.40. The molecule has 0 bridgehead atoms. The van der Waals surface area contributed by atoms with Crippen LogP contribution in [0.3, 0.4) is 0 Å². The standard InChI is InChI=1S/C8H7BrN2O/c1-2-12-8-5-11-4-7(9)6(8)3-10/h4-5H,2H2,1H3. The van der Waals surface area contributed by atoms with E-state index in [1.807, 2.05) is 13.0 Å². The van der Waals surface area contributed by atoms with Crippen molar-refractivity contribution in [2.45, 2.75) is 6.92 Å². The Labute approximate surface area is 79.1 Å². The number of aromatic nitrogens is 1. The average Bonchev–Trinajstić information content (AvgIpc) is 2.05. The van der Waals surface area contributed by atoms with Gasteiger partial charge in [-0.25, -0.2) is 0 Å². The van der Waals surface area contributed by atoms with Crippen LogP contribution in [0.1, 0.15) is 12.5 Å². The van der Waals surface area contributed by atoms with Gasteiger partial charge in [0.05, 0.1) is 17.3 Å². The van der Waals surface area contributed by atoms with Gasteiger partial charge in [0.15, 0.2) is 5.75 Å². The highest BCUT2D eigenvalue weighted by Crippen LogP contribution is 2.23. The van der Waals surface area contributed by atoms with Crippen LogP contribution in [0, 0.1) is 11.3 Å². The molecule has 0 fully saturated rings. The van der Waals surface area contributed by atoms with Crippen LogP contribution in [0.5, 0.6) is 5.75 Å². The molecule has 0 radical (unpaired) electrons. The van der Waals surface area contributed by atoms with Gasteiger partial charge in [0.1, 0.15) is 11.6 Å². The molecule has 0 aliphatic rings. The molecule has 0 aliphatic carbocycles. The van der Waals surface area contributed by atoms with Crippen molar-refractivity contribution in [3.8, 4) is 11.8 Å². The van der Waals surface area contributed by atoms with Crippen LogP contribution in [-0.2, 0) is 0 Å². The second-order valence-electron chi connectivity index (χ2n) is 2.04. The highest BCUT2D eigenvalue weighted by atomic mass is 79.9. The van der Waals surface area contributed by atoms with Gasteiger partial charge in [0, 0.05) is 6.20 Å². The summed E-state index contributed by atoms with van der Waals surface area (Å²) in [7, 11) is 0. The summed E-state index contributed by atoms with van der Waals surface area (Å²) in [5.41, 5.74) is 0.492. The molecule has 0 spiro atoms. The van der Waals surface area contributed by atoms with E-state index in [-0.39, 0.29) is 0 Å². The molecule has 0 unspecified atom stereocenters. The zero-order valence-electron chi connectivity index (χ0n) is 6.54. The largest absolute Gasteiger partial charge is 0.491 e. The van der Waals surface area contributed by atoms with Gasteiger partial charge >= 0.3 is 0 Å². The molecular weight excluding hydrogens is 220 g/mol. The lowest BCUT2D eigenvalue weighted by atomic mass is 10.3. The smallest absolute Gasteiger partial charge is 0.156 e. The van der Waals surface area contributed by atoms with Gasteiger partial charge < -0.3 is 4.74 Å². The van der Waals surface area contributed by atoms with Crippen LogP contribution in [0.2, 0.25) is 0 Å². The Hall–Kier alpha value is -1.08. The van der Waals surface area contributed by atoms with Gasteiger partial charge in [0.2, 0.25) is 0 Å². The molecule has 3 nitrogen and oxygen atoms in total. The second kappa shape index (κ2) is 4.07. The lowest BCUT2D eigenvalue weighted by Gasteiger charge is -2.04. The Morgan fingerprint density at radius 1 is 1.67 bits per heavy atom. The third-order valence-electron chi connectivity index (χ3n) is 1.28. The number of ether oxygens (including phenoxy) is 1. The monoisotopic (exact) mass is 226 g/mol. The third kappa shape index (κ3) is 1.74. The predicted octanol–water partition coefficient (Wildman–Crippen LogP) is 2.11. The highest BCUT2D eigenvalue weighted by Gasteiger charge is 2.06. The molecule has 0 saturated heterocycles. The molecule has 4 heteroatoms. The SMILES string of the molecule is CCOc1cncc(Br)c1C#N. The molecule has 1 aromatic heterocycles. The Kier molecular flexibility index (Phi) is 3.06. The fourth-order valence-corrected chi connectivity index (χ4v) is 1.19. The number of halogens is 1.